The number of anilines is 1. The van der Waals surface area contributed by atoms with Crippen molar-refractivity contribution in [3.63, 3.8) is 0 Å². The molecule has 0 saturated carbocycles. The van der Waals surface area contributed by atoms with E-state index in [1.807, 2.05) is 24.3 Å². The van der Waals surface area contributed by atoms with Crippen LogP contribution in [0.3, 0.4) is 0 Å². The number of nitrogens with one attached hydrogen (secondary N) is 1. The van der Waals surface area contributed by atoms with Gasteiger partial charge in [0.2, 0.25) is 0 Å². The number of aliphatic carboxylic acids is 1. The van der Waals surface area contributed by atoms with E-state index in [1.54, 1.807) is 6.07 Å². The molecular weight excluding hydrogens is 503 g/mol. The van der Waals surface area contributed by atoms with Crippen LogP contribution in [-0.4, -0.2) is 56.8 Å². The maximum absolute atomic E-state index is 14.6. The summed E-state index contributed by atoms with van der Waals surface area (Å²) in [6.45, 7) is 0.576. The fraction of sp³-hybridized carbons (Fsp3) is 0.269. The van der Waals surface area contributed by atoms with Crippen LogP contribution < -0.4 is 14.4 Å². The summed E-state index contributed by atoms with van der Waals surface area (Å²) < 4.78 is 43.2. The number of aliphatic hydroxyl groups is 1. The van der Waals surface area contributed by atoms with Crippen molar-refractivity contribution in [3.05, 3.63) is 77.6 Å². The zero-order chi connectivity index (χ0) is 26.9. The number of aromatic hydroxyl groups is 1. The highest BCUT2D eigenvalue weighted by atomic mass is 32.2. The first kappa shape index (κ1) is 28.1. The monoisotopic (exact) mass is 531 g/mol. The molecule has 0 radical (unpaired) electrons. The Morgan fingerprint density at radius 1 is 1.14 bits per heavy atom. The van der Waals surface area contributed by atoms with Crippen LogP contribution in [0.1, 0.15) is 23.7 Å². The normalized spacial score (nSPS) is 12.6. The molecule has 2 unspecified atom stereocenters. The third kappa shape index (κ3) is 7.99. The summed E-state index contributed by atoms with van der Waals surface area (Å²) in [6, 6.07) is 16.1. The Kier molecular flexibility index (Phi) is 9.98. The van der Waals surface area contributed by atoms with Crippen LogP contribution in [0.4, 0.5) is 10.1 Å². The number of phenolic OH excluding ortho intramolecular Hbond substituents is 1. The number of hydrogen-bond donors (Lipinski definition) is 4. The van der Waals surface area contributed by atoms with Crippen molar-refractivity contribution in [2.24, 2.45) is 0 Å². The van der Waals surface area contributed by atoms with Crippen LogP contribution in [0.5, 0.6) is 11.5 Å². The van der Waals surface area contributed by atoms with Gasteiger partial charge < -0.3 is 34.2 Å². The zero-order valence-corrected chi connectivity index (χ0v) is 20.9. The number of carboxylic acids is 1. The van der Waals surface area contributed by atoms with Crippen molar-refractivity contribution in [3.8, 4) is 22.6 Å². The maximum atomic E-state index is 14.6. The molecule has 0 amide bonds. The second-order valence-electron chi connectivity index (χ2n) is 8.27. The van der Waals surface area contributed by atoms with Crippen molar-refractivity contribution < 1.29 is 38.0 Å². The fourth-order valence-electron chi connectivity index (χ4n) is 3.58. The van der Waals surface area contributed by atoms with Gasteiger partial charge in [0.1, 0.15) is 12.4 Å². The Morgan fingerprint density at radius 2 is 1.84 bits per heavy atom. The molecule has 3 aromatic rings. The second-order valence-corrected chi connectivity index (χ2v) is 9.25. The lowest BCUT2D eigenvalue weighted by Gasteiger charge is -2.23. The number of carboxylic acid groups (broad SMARTS) is 1. The summed E-state index contributed by atoms with van der Waals surface area (Å²) in [4.78, 5) is 10.7. The molecule has 2 atom stereocenters. The van der Waals surface area contributed by atoms with E-state index in [9.17, 15) is 28.2 Å². The molecule has 3 aromatic carbocycles. The van der Waals surface area contributed by atoms with Crippen LogP contribution in [0.25, 0.3) is 11.1 Å². The standard InChI is InChI=1S/C26H29FN2O7S/c1-29(37(34)35)22-15-20(7-9-23(22)30)24(31)16-28-12-13-36-25-10-8-19(14-21(25)27)18-5-2-17(3-6-18)4-11-26(32)33/h2-3,5-10,14-15,24,28,30-31H,4,11-13,16H2,1H3,(H,32,33)(H,34,35)/p-1. The lowest BCUT2D eigenvalue weighted by atomic mass is 10.0. The molecule has 4 N–H and O–H groups in total. The van der Waals surface area contributed by atoms with Gasteiger partial charge >= 0.3 is 5.97 Å². The third-order valence-electron chi connectivity index (χ3n) is 5.67. The van der Waals surface area contributed by atoms with E-state index in [-0.39, 0.29) is 36.8 Å². The minimum absolute atomic E-state index is 0.0428. The third-order valence-corrected chi connectivity index (χ3v) is 6.31. The Hall–Kier alpha value is -3.51. The van der Waals surface area contributed by atoms with Gasteiger partial charge in [-0.05, 0) is 52.9 Å². The van der Waals surface area contributed by atoms with E-state index in [0.29, 0.717) is 24.1 Å². The number of ether oxygens (including phenoxy) is 1. The Bertz CT molecular complexity index is 1240. The quantitative estimate of drug-likeness (QED) is 0.195. The Morgan fingerprint density at radius 3 is 2.49 bits per heavy atom. The maximum Gasteiger partial charge on any atom is 0.303 e. The van der Waals surface area contributed by atoms with E-state index in [2.05, 4.69) is 5.32 Å². The summed E-state index contributed by atoms with van der Waals surface area (Å²) in [6.07, 6.45) is -0.493. The molecule has 0 spiro atoms. The van der Waals surface area contributed by atoms with E-state index in [4.69, 9.17) is 9.84 Å². The topological polar surface area (TPSA) is 142 Å². The molecule has 3 rings (SSSR count). The van der Waals surface area contributed by atoms with Gasteiger partial charge in [0.05, 0.1) is 11.8 Å². The first-order valence-corrected chi connectivity index (χ1v) is 12.5. The van der Waals surface area contributed by atoms with E-state index < -0.39 is 29.2 Å². The zero-order valence-electron chi connectivity index (χ0n) is 20.1. The molecule has 9 nitrogen and oxygen atoms in total. The summed E-state index contributed by atoms with van der Waals surface area (Å²) in [5.74, 6) is -1.53. The number of phenols is 1. The molecule has 198 valence electrons. The number of hydrogen-bond acceptors (Lipinski definition) is 7. The average Bonchev–Trinajstić information content (AvgIpc) is 2.88. The molecule has 0 aromatic heterocycles. The SMILES string of the molecule is CN(c1cc(C(O)CNCCOc2ccc(-c3ccc(CCC(=O)O)cc3)cc2F)ccc1O)S(=O)[O-]. The van der Waals surface area contributed by atoms with E-state index in [0.717, 1.165) is 15.4 Å². The van der Waals surface area contributed by atoms with Crippen molar-refractivity contribution in [2.75, 3.05) is 31.0 Å². The lowest BCUT2D eigenvalue weighted by Crippen LogP contribution is -2.26. The van der Waals surface area contributed by atoms with Crippen molar-refractivity contribution in [2.45, 2.75) is 18.9 Å². The van der Waals surface area contributed by atoms with Gasteiger partial charge in [-0.15, -0.1) is 0 Å². The number of carbonyl (C=O) groups is 1. The predicted octanol–water partition coefficient (Wildman–Crippen LogP) is 3.15. The lowest BCUT2D eigenvalue weighted by molar-refractivity contribution is -0.136. The number of benzene rings is 3. The molecule has 37 heavy (non-hydrogen) atoms. The Labute approximate surface area is 216 Å². The molecule has 0 aliphatic rings. The molecule has 11 heteroatoms. The molecular formula is C26H28FN2O7S-. The summed E-state index contributed by atoms with van der Waals surface area (Å²) >= 11 is -2.58. The smallest absolute Gasteiger partial charge is 0.303 e. The number of aliphatic hydroxyl groups excluding tert-OH is 1. The van der Waals surface area contributed by atoms with Crippen LogP contribution in [-0.2, 0) is 22.5 Å². The first-order valence-electron chi connectivity index (χ1n) is 11.4. The first-order chi connectivity index (χ1) is 17.7. The summed E-state index contributed by atoms with van der Waals surface area (Å²) in [5, 5.41) is 32.0. The number of nitrogens with zero attached hydrogens (tertiary/aromatic N) is 1. The molecule has 0 aliphatic carbocycles. The number of rotatable bonds is 13. The molecule has 0 saturated heterocycles. The highest BCUT2D eigenvalue weighted by Crippen LogP contribution is 2.30. The van der Waals surface area contributed by atoms with E-state index >= 15 is 0 Å². The van der Waals surface area contributed by atoms with Gasteiger partial charge in [-0.3, -0.25) is 9.00 Å². The van der Waals surface area contributed by atoms with Crippen LogP contribution in [0, 0.1) is 5.82 Å². The summed E-state index contributed by atoms with van der Waals surface area (Å²) in [7, 11) is 1.27. The van der Waals surface area contributed by atoms with Crippen molar-refractivity contribution in [1.29, 1.82) is 0 Å². The summed E-state index contributed by atoms with van der Waals surface area (Å²) in [5.41, 5.74) is 2.80. The van der Waals surface area contributed by atoms with E-state index in [1.165, 1.54) is 37.4 Å². The van der Waals surface area contributed by atoms with Gasteiger partial charge in [0.25, 0.3) is 0 Å². The molecule has 0 aliphatic heterocycles. The Balaban J connectivity index is 1.48. The average molecular weight is 532 g/mol. The van der Waals surface area contributed by atoms with Crippen LogP contribution in [0.2, 0.25) is 0 Å². The minimum Gasteiger partial charge on any atom is -0.755 e. The highest BCUT2D eigenvalue weighted by molar-refractivity contribution is 7.80. The number of aryl methyl sites for hydroxylation is 1. The fourth-order valence-corrected chi connectivity index (χ4v) is 3.89. The van der Waals surface area contributed by atoms with Gasteiger partial charge in [-0.25, -0.2) is 4.39 Å². The van der Waals surface area contributed by atoms with Crippen LogP contribution >= 0.6 is 0 Å². The van der Waals surface area contributed by atoms with Gasteiger partial charge in [0.15, 0.2) is 11.6 Å². The number of halogens is 1. The van der Waals surface area contributed by atoms with Crippen molar-refractivity contribution in [1.82, 2.24) is 5.32 Å². The predicted molar refractivity (Wildman–Crippen MR) is 137 cm³/mol. The largest absolute Gasteiger partial charge is 0.755 e. The molecule has 0 heterocycles. The van der Waals surface area contributed by atoms with Gasteiger partial charge in [-0.1, -0.05) is 36.4 Å². The molecule has 0 bridgehead atoms. The van der Waals surface area contributed by atoms with Crippen molar-refractivity contribution >= 4 is 22.9 Å². The van der Waals surface area contributed by atoms with Crippen LogP contribution in [0.15, 0.2) is 60.7 Å². The van der Waals surface area contributed by atoms with Gasteiger partial charge in [-0.2, -0.15) is 0 Å². The molecule has 0 fully saturated rings. The second kappa shape index (κ2) is 13.2. The minimum atomic E-state index is -2.58. The highest BCUT2D eigenvalue weighted by Gasteiger charge is 2.14. The van der Waals surface area contributed by atoms with Gasteiger partial charge in [0, 0.05) is 37.8 Å².